The molecule has 0 bridgehead atoms. The van der Waals surface area contributed by atoms with Crippen LogP contribution < -0.4 is 10.3 Å². The molecule has 0 saturated heterocycles. The number of amides is 1. The summed E-state index contributed by atoms with van der Waals surface area (Å²) in [6, 6.07) is 4.81. The fraction of sp³-hybridized carbons (Fsp3) is 0.222. The van der Waals surface area contributed by atoms with Crippen molar-refractivity contribution in [2.45, 2.75) is 11.8 Å². The van der Waals surface area contributed by atoms with E-state index >= 15 is 0 Å². The molecule has 0 aliphatic carbocycles. The van der Waals surface area contributed by atoms with Gasteiger partial charge in [-0.2, -0.15) is 0 Å². The highest BCUT2D eigenvalue weighted by atomic mass is 79.9. The number of hydrogen-bond donors (Lipinski definition) is 2. The predicted molar refractivity (Wildman–Crippen MR) is 64.7 cm³/mol. The van der Waals surface area contributed by atoms with Crippen LogP contribution in [0.15, 0.2) is 27.6 Å². The molecule has 1 aromatic carbocycles. The largest absolute Gasteiger partial charge is 0.452 e. The van der Waals surface area contributed by atoms with Gasteiger partial charge in [-0.25, -0.2) is 18.6 Å². The average molecular weight is 323 g/mol. The Morgan fingerprint density at radius 3 is 2.65 bits per heavy atom. The lowest BCUT2D eigenvalue weighted by Gasteiger charge is -2.09. The van der Waals surface area contributed by atoms with Gasteiger partial charge in [-0.15, -0.1) is 4.83 Å². The Balaban J connectivity index is 2.97. The van der Waals surface area contributed by atoms with Crippen molar-refractivity contribution in [1.82, 2.24) is 10.3 Å². The van der Waals surface area contributed by atoms with Crippen LogP contribution in [0.5, 0.6) is 0 Å². The molecule has 0 aliphatic heterocycles. The van der Waals surface area contributed by atoms with Gasteiger partial charge < -0.3 is 4.74 Å². The molecule has 0 fully saturated rings. The third kappa shape index (κ3) is 3.69. The molecule has 2 N–H and O–H groups in total. The number of methoxy groups -OCH3 is 1. The lowest BCUT2D eigenvalue weighted by atomic mass is 10.2. The molecule has 0 saturated carbocycles. The van der Waals surface area contributed by atoms with E-state index in [2.05, 4.69) is 20.7 Å². The van der Waals surface area contributed by atoms with E-state index in [-0.39, 0.29) is 4.90 Å². The molecular formula is C9H11BrN2O4S. The highest BCUT2D eigenvalue weighted by molar-refractivity contribution is 9.10. The summed E-state index contributed by atoms with van der Waals surface area (Å²) < 4.78 is 28.5. The molecule has 0 heterocycles. The number of halogens is 1. The van der Waals surface area contributed by atoms with Crippen LogP contribution in [0.25, 0.3) is 0 Å². The minimum absolute atomic E-state index is 0.0725. The lowest BCUT2D eigenvalue weighted by Crippen LogP contribution is -2.41. The summed E-state index contributed by atoms with van der Waals surface area (Å²) in [6.07, 6.45) is -0.888. The van der Waals surface area contributed by atoms with E-state index in [4.69, 9.17) is 0 Å². The molecular weight excluding hydrogens is 312 g/mol. The van der Waals surface area contributed by atoms with E-state index in [0.29, 0.717) is 10.0 Å². The van der Waals surface area contributed by atoms with E-state index < -0.39 is 16.1 Å². The fourth-order valence-corrected chi connectivity index (χ4v) is 2.69. The van der Waals surface area contributed by atoms with Crippen LogP contribution in [-0.4, -0.2) is 21.6 Å². The summed E-state index contributed by atoms with van der Waals surface area (Å²) in [4.78, 5) is 12.8. The Bertz CT molecular complexity index is 530. The maximum absolute atomic E-state index is 11.8. The third-order valence-corrected chi connectivity index (χ3v) is 3.80. The summed E-state index contributed by atoms with van der Waals surface area (Å²) in [5, 5.41) is 0. The Labute approximate surface area is 107 Å². The van der Waals surface area contributed by atoms with Gasteiger partial charge in [-0.3, -0.25) is 0 Å². The standard InChI is InChI=1S/C9H11BrN2O4S/c1-6-3-4-7(10)5-8(6)17(14,15)12-11-9(13)16-2/h3-5,12H,1-2H3,(H,11,13). The molecule has 0 unspecified atom stereocenters. The van der Waals surface area contributed by atoms with Crippen molar-refractivity contribution in [2.75, 3.05) is 7.11 Å². The Hall–Kier alpha value is -1.12. The minimum atomic E-state index is -3.81. The van der Waals surface area contributed by atoms with Crippen molar-refractivity contribution >= 4 is 32.0 Å². The number of benzene rings is 1. The molecule has 0 spiro atoms. The first-order valence-corrected chi connectivity index (χ1v) is 6.76. The molecule has 1 amide bonds. The van der Waals surface area contributed by atoms with Gasteiger partial charge >= 0.3 is 6.09 Å². The van der Waals surface area contributed by atoms with Crippen molar-refractivity contribution < 1.29 is 17.9 Å². The van der Waals surface area contributed by atoms with Gasteiger partial charge in [0.1, 0.15) is 0 Å². The zero-order valence-corrected chi connectivity index (χ0v) is 11.6. The van der Waals surface area contributed by atoms with E-state index in [1.165, 1.54) is 6.07 Å². The summed E-state index contributed by atoms with van der Waals surface area (Å²) >= 11 is 3.18. The SMILES string of the molecule is COC(=O)NNS(=O)(=O)c1cc(Br)ccc1C. The summed E-state index contributed by atoms with van der Waals surface area (Å²) in [5.41, 5.74) is 2.47. The highest BCUT2D eigenvalue weighted by Crippen LogP contribution is 2.19. The topological polar surface area (TPSA) is 84.5 Å². The molecule has 0 aliphatic rings. The normalized spacial score (nSPS) is 11.0. The van der Waals surface area contributed by atoms with Crippen LogP contribution in [0.3, 0.4) is 0 Å². The minimum Gasteiger partial charge on any atom is -0.452 e. The van der Waals surface area contributed by atoms with Gasteiger partial charge in [0.15, 0.2) is 0 Å². The maximum Gasteiger partial charge on any atom is 0.422 e. The van der Waals surface area contributed by atoms with E-state index in [0.717, 1.165) is 7.11 Å². The second kappa shape index (κ2) is 5.48. The molecule has 0 radical (unpaired) electrons. The van der Waals surface area contributed by atoms with E-state index in [1.54, 1.807) is 19.1 Å². The zero-order chi connectivity index (χ0) is 13.1. The summed E-state index contributed by atoms with van der Waals surface area (Å²) in [6.45, 7) is 1.65. The van der Waals surface area contributed by atoms with Gasteiger partial charge in [0, 0.05) is 4.47 Å². The number of aryl methyl sites for hydroxylation is 1. The summed E-state index contributed by atoms with van der Waals surface area (Å²) in [7, 11) is -2.68. The molecule has 17 heavy (non-hydrogen) atoms. The Morgan fingerprint density at radius 1 is 1.41 bits per heavy atom. The molecule has 94 valence electrons. The zero-order valence-electron chi connectivity index (χ0n) is 9.15. The van der Waals surface area contributed by atoms with Crippen LogP contribution in [0, 0.1) is 6.92 Å². The van der Waals surface area contributed by atoms with Crippen LogP contribution in [-0.2, 0) is 14.8 Å². The molecule has 1 aromatic rings. The molecule has 6 nitrogen and oxygen atoms in total. The smallest absolute Gasteiger partial charge is 0.422 e. The maximum atomic E-state index is 11.8. The monoisotopic (exact) mass is 322 g/mol. The third-order valence-electron chi connectivity index (χ3n) is 1.91. The molecule has 1 rings (SSSR count). The summed E-state index contributed by atoms with van der Waals surface area (Å²) in [5.74, 6) is 0. The van der Waals surface area contributed by atoms with E-state index in [1.807, 2.05) is 10.3 Å². The highest BCUT2D eigenvalue weighted by Gasteiger charge is 2.17. The Morgan fingerprint density at radius 2 is 2.06 bits per heavy atom. The predicted octanol–water partition coefficient (Wildman–Crippen LogP) is 1.31. The van der Waals surface area contributed by atoms with Crippen LogP contribution >= 0.6 is 15.9 Å². The van der Waals surface area contributed by atoms with Crippen LogP contribution in [0.1, 0.15) is 5.56 Å². The second-order valence-electron chi connectivity index (χ2n) is 3.13. The van der Waals surface area contributed by atoms with Crippen molar-refractivity contribution in [2.24, 2.45) is 0 Å². The number of nitrogens with one attached hydrogen (secondary N) is 2. The number of hydrogen-bond acceptors (Lipinski definition) is 4. The number of hydrazine groups is 1. The van der Waals surface area contributed by atoms with Gasteiger partial charge in [0.05, 0.1) is 12.0 Å². The Kier molecular flexibility index (Phi) is 4.49. The van der Waals surface area contributed by atoms with Gasteiger partial charge in [-0.05, 0) is 24.6 Å². The number of rotatable bonds is 3. The van der Waals surface area contributed by atoms with Crippen molar-refractivity contribution in [3.8, 4) is 0 Å². The van der Waals surface area contributed by atoms with Gasteiger partial charge in [-0.1, -0.05) is 22.0 Å². The number of sulfonamides is 1. The first-order chi connectivity index (χ1) is 7.86. The van der Waals surface area contributed by atoms with E-state index in [9.17, 15) is 13.2 Å². The average Bonchev–Trinajstić information content (AvgIpc) is 2.29. The first kappa shape index (κ1) is 13.9. The quantitative estimate of drug-likeness (QED) is 0.822. The molecule has 0 atom stereocenters. The lowest BCUT2D eigenvalue weighted by molar-refractivity contribution is 0.169. The number of carbonyl (C=O) groups excluding carboxylic acids is 1. The number of carbonyl (C=O) groups is 1. The van der Waals surface area contributed by atoms with Crippen molar-refractivity contribution in [3.05, 3.63) is 28.2 Å². The fourth-order valence-electron chi connectivity index (χ4n) is 1.08. The van der Waals surface area contributed by atoms with Crippen LogP contribution in [0.2, 0.25) is 0 Å². The van der Waals surface area contributed by atoms with Gasteiger partial charge in [0.25, 0.3) is 10.0 Å². The van der Waals surface area contributed by atoms with Crippen molar-refractivity contribution in [3.63, 3.8) is 0 Å². The second-order valence-corrected chi connectivity index (χ2v) is 5.70. The molecule has 8 heteroatoms. The van der Waals surface area contributed by atoms with Crippen molar-refractivity contribution in [1.29, 1.82) is 0 Å². The first-order valence-electron chi connectivity index (χ1n) is 4.49. The van der Waals surface area contributed by atoms with Crippen LogP contribution in [0.4, 0.5) is 4.79 Å². The molecule has 0 aromatic heterocycles. The number of ether oxygens (including phenoxy) is 1. The van der Waals surface area contributed by atoms with Gasteiger partial charge in [0.2, 0.25) is 0 Å².